The molecule has 0 aliphatic carbocycles. The number of halogens is 1. The minimum Gasteiger partial charge on any atom is -0.386 e. The van der Waals surface area contributed by atoms with Crippen LogP contribution in [0.1, 0.15) is 17.2 Å². The number of nitro groups is 1. The van der Waals surface area contributed by atoms with Crippen LogP contribution in [0.3, 0.4) is 0 Å². The third-order valence-corrected chi connectivity index (χ3v) is 3.67. The van der Waals surface area contributed by atoms with Crippen LogP contribution in [0.2, 0.25) is 0 Å². The van der Waals surface area contributed by atoms with Crippen molar-refractivity contribution in [3.05, 3.63) is 69.5 Å². The Morgan fingerprint density at radius 2 is 2.12 bits per heavy atom. The number of nitrogens with zero attached hydrogens (tertiary/aromatic N) is 5. The lowest BCUT2D eigenvalue weighted by atomic mass is 10.1. The largest absolute Gasteiger partial charge is 0.386 e. The molecular weight excluding hydrogens is 329 g/mol. The number of tetrazole rings is 1. The molecule has 0 fully saturated rings. The molecule has 25 heavy (non-hydrogen) atoms. The summed E-state index contributed by atoms with van der Waals surface area (Å²) in [5.41, 5.74) is 1.34. The van der Waals surface area contributed by atoms with E-state index in [4.69, 9.17) is 0 Å². The predicted molar refractivity (Wildman–Crippen MR) is 86.0 cm³/mol. The van der Waals surface area contributed by atoms with Crippen molar-refractivity contribution in [2.75, 3.05) is 0 Å². The van der Waals surface area contributed by atoms with Gasteiger partial charge in [0.25, 0.3) is 5.69 Å². The minimum absolute atomic E-state index is 0.0195. The van der Waals surface area contributed by atoms with Gasteiger partial charge in [0, 0.05) is 17.7 Å². The van der Waals surface area contributed by atoms with E-state index in [1.165, 1.54) is 29.1 Å². The van der Waals surface area contributed by atoms with E-state index in [9.17, 15) is 19.6 Å². The third kappa shape index (κ3) is 3.66. The van der Waals surface area contributed by atoms with Gasteiger partial charge in [-0.25, -0.2) is 4.39 Å². The highest BCUT2D eigenvalue weighted by Gasteiger charge is 2.15. The fourth-order valence-electron chi connectivity index (χ4n) is 2.33. The van der Waals surface area contributed by atoms with E-state index >= 15 is 0 Å². The highest BCUT2D eigenvalue weighted by Crippen LogP contribution is 2.21. The van der Waals surface area contributed by atoms with Crippen molar-refractivity contribution in [2.45, 2.75) is 19.6 Å². The van der Waals surface area contributed by atoms with Crippen LogP contribution in [-0.4, -0.2) is 30.2 Å². The lowest BCUT2D eigenvalue weighted by Gasteiger charge is -2.09. The van der Waals surface area contributed by atoms with Gasteiger partial charge in [-0.3, -0.25) is 10.1 Å². The Bertz CT molecular complexity index is 928. The van der Waals surface area contributed by atoms with Gasteiger partial charge >= 0.3 is 0 Å². The molecule has 1 N–H and O–H groups in total. The first-order valence-corrected chi connectivity index (χ1v) is 7.41. The highest BCUT2D eigenvalue weighted by molar-refractivity contribution is 5.55. The monoisotopic (exact) mass is 343 g/mol. The summed E-state index contributed by atoms with van der Waals surface area (Å²) < 4.78 is 13.3. The summed E-state index contributed by atoms with van der Waals surface area (Å²) in [5, 5.41) is 32.9. The second kappa shape index (κ2) is 6.73. The van der Waals surface area contributed by atoms with Gasteiger partial charge in [0.1, 0.15) is 11.9 Å². The van der Waals surface area contributed by atoms with Crippen molar-refractivity contribution in [1.82, 2.24) is 20.2 Å². The zero-order valence-corrected chi connectivity index (χ0v) is 13.2. The van der Waals surface area contributed by atoms with Gasteiger partial charge in [0.2, 0.25) is 5.82 Å². The van der Waals surface area contributed by atoms with E-state index in [2.05, 4.69) is 15.4 Å². The first-order valence-electron chi connectivity index (χ1n) is 7.41. The number of hydrogen-bond donors (Lipinski definition) is 1. The molecule has 0 spiro atoms. The van der Waals surface area contributed by atoms with Crippen LogP contribution in [0.15, 0.2) is 42.5 Å². The van der Waals surface area contributed by atoms with Gasteiger partial charge in [-0.15, -0.1) is 10.2 Å². The van der Waals surface area contributed by atoms with E-state index in [0.29, 0.717) is 22.5 Å². The molecule has 0 amide bonds. The van der Waals surface area contributed by atoms with Crippen LogP contribution in [-0.2, 0) is 6.54 Å². The van der Waals surface area contributed by atoms with E-state index in [-0.39, 0.29) is 18.0 Å². The molecule has 2 aromatic carbocycles. The number of benzene rings is 2. The molecule has 0 saturated carbocycles. The Kier molecular flexibility index (Phi) is 4.48. The summed E-state index contributed by atoms with van der Waals surface area (Å²) >= 11 is 0. The van der Waals surface area contributed by atoms with E-state index in [0.717, 1.165) is 0 Å². The number of nitro benzene ring substituents is 1. The first-order chi connectivity index (χ1) is 11.9. The zero-order valence-electron chi connectivity index (χ0n) is 13.2. The fourth-order valence-corrected chi connectivity index (χ4v) is 2.33. The first kappa shape index (κ1) is 16.7. The summed E-state index contributed by atoms with van der Waals surface area (Å²) in [5.74, 6) is -0.0217. The Hall–Kier alpha value is -3.20. The van der Waals surface area contributed by atoms with E-state index in [1.54, 1.807) is 25.1 Å². The Balaban J connectivity index is 1.77. The summed E-state index contributed by atoms with van der Waals surface area (Å²) in [6.07, 6.45) is -1.03. The van der Waals surface area contributed by atoms with Crippen molar-refractivity contribution in [2.24, 2.45) is 0 Å². The van der Waals surface area contributed by atoms with E-state index in [1.807, 2.05) is 0 Å². The van der Waals surface area contributed by atoms with Crippen molar-refractivity contribution >= 4 is 5.69 Å². The normalized spacial score (nSPS) is 12.1. The molecule has 128 valence electrons. The second-order valence-corrected chi connectivity index (χ2v) is 5.50. The van der Waals surface area contributed by atoms with Gasteiger partial charge in [-0.05, 0) is 41.5 Å². The number of aromatic nitrogens is 4. The molecule has 9 heteroatoms. The zero-order chi connectivity index (χ0) is 18.0. The van der Waals surface area contributed by atoms with Crippen molar-refractivity contribution in [3.8, 4) is 11.4 Å². The SMILES string of the molecule is Cc1cc(-c2nnn(CC(O)c3cccc([N+](=O)[O-])c3)n2)ccc1F. The second-order valence-electron chi connectivity index (χ2n) is 5.50. The molecule has 0 saturated heterocycles. The minimum atomic E-state index is -1.03. The summed E-state index contributed by atoms with van der Waals surface area (Å²) in [7, 11) is 0. The molecule has 0 bridgehead atoms. The molecule has 1 aromatic heterocycles. The summed E-state index contributed by atoms with van der Waals surface area (Å²) in [4.78, 5) is 11.5. The number of non-ortho nitro benzene ring substituents is 1. The van der Waals surface area contributed by atoms with Gasteiger partial charge in [-0.2, -0.15) is 4.80 Å². The quantitative estimate of drug-likeness (QED) is 0.563. The van der Waals surface area contributed by atoms with E-state index < -0.39 is 11.0 Å². The number of aliphatic hydroxyl groups excluding tert-OH is 1. The highest BCUT2D eigenvalue weighted by atomic mass is 19.1. The van der Waals surface area contributed by atoms with Gasteiger partial charge in [-0.1, -0.05) is 12.1 Å². The van der Waals surface area contributed by atoms with Crippen LogP contribution in [0.25, 0.3) is 11.4 Å². The summed E-state index contributed by atoms with van der Waals surface area (Å²) in [6.45, 7) is 1.61. The Morgan fingerprint density at radius 3 is 2.84 bits per heavy atom. The lowest BCUT2D eigenvalue weighted by molar-refractivity contribution is -0.385. The van der Waals surface area contributed by atoms with Gasteiger partial charge in [0.05, 0.1) is 11.5 Å². The van der Waals surface area contributed by atoms with Crippen molar-refractivity contribution in [1.29, 1.82) is 0 Å². The molecule has 1 heterocycles. The Morgan fingerprint density at radius 1 is 1.32 bits per heavy atom. The van der Waals surface area contributed by atoms with Gasteiger partial charge < -0.3 is 5.11 Å². The molecule has 0 radical (unpaired) electrons. The fraction of sp³-hybridized carbons (Fsp3) is 0.188. The number of hydrogen-bond acceptors (Lipinski definition) is 6. The molecule has 0 aliphatic heterocycles. The molecular formula is C16H14FN5O3. The average molecular weight is 343 g/mol. The molecule has 1 atom stereocenters. The maximum atomic E-state index is 13.3. The topological polar surface area (TPSA) is 107 Å². The molecule has 0 aliphatic rings. The third-order valence-electron chi connectivity index (χ3n) is 3.67. The average Bonchev–Trinajstić information content (AvgIpc) is 3.06. The van der Waals surface area contributed by atoms with Crippen LogP contribution >= 0.6 is 0 Å². The van der Waals surface area contributed by atoms with Crippen LogP contribution in [0.5, 0.6) is 0 Å². The maximum Gasteiger partial charge on any atom is 0.269 e. The van der Waals surface area contributed by atoms with Crippen LogP contribution in [0, 0.1) is 22.9 Å². The lowest BCUT2D eigenvalue weighted by Crippen LogP contribution is -2.11. The number of aryl methyl sites for hydroxylation is 1. The molecule has 3 aromatic rings. The molecule has 1 unspecified atom stereocenters. The van der Waals surface area contributed by atoms with Crippen LogP contribution in [0.4, 0.5) is 10.1 Å². The van der Waals surface area contributed by atoms with Crippen molar-refractivity contribution < 1.29 is 14.4 Å². The number of rotatable bonds is 5. The van der Waals surface area contributed by atoms with Gasteiger partial charge in [0.15, 0.2) is 0 Å². The standard InChI is InChI=1S/C16H14FN5O3/c1-10-7-12(5-6-14(10)17)16-18-20-21(19-16)9-15(23)11-3-2-4-13(8-11)22(24)25/h2-8,15,23H,9H2,1H3. The number of aliphatic hydroxyl groups is 1. The van der Waals surface area contributed by atoms with Crippen molar-refractivity contribution in [3.63, 3.8) is 0 Å². The smallest absolute Gasteiger partial charge is 0.269 e. The Labute approximate surface area is 141 Å². The summed E-state index contributed by atoms with van der Waals surface area (Å²) in [6, 6.07) is 10.2. The molecule has 3 rings (SSSR count). The van der Waals surface area contributed by atoms with Crippen LogP contribution < -0.4 is 0 Å². The maximum absolute atomic E-state index is 13.3. The predicted octanol–water partition coefficient (Wildman–Crippen LogP) is 2.43. The molecule has 8 nitrogen and oxygen atoms in total.